The predicted octanol–water partition coefficient (Wildman–Crippen LogP) is 3.26. The summed E-state index contributed by atoms with van der Waals surface area (Å²) in [4.78, 5) is 12.1. The second kappa shape index (κ2) is 7.85. The summed E-state index contributed by atoms with van der Waals surface area (Å²) in [6.45, 7) is 0.772. The average Bonchev–Trinajstić information content (AvgIpc) is 2.54. The predicted molar refractivity (Wildman–Crippen MR) is 90.3 cm³/mol. The van der Waals surface area contributed by atoms with Gasteiger partial charge in [0.2, 0.25) is 5.91 Å². The molecule has 1 unspecified atom stereocenters. The molecule has 1 saturated carbocycles. The van der Waals surface area contributed by atoms with Crippen LogP contribution in [-0.4, -0.2) is 23.5 Å². The molecule has 2 rings (SSSR count). The molecule has 21 heavy (non-hydrogen) atoms. The van der Waals surface area contributed by atoms with Crippen LogP contribution in [-0.2, 0) is 4.79 Å². The van der Waals surface area contributed by atoms with E-state index in [-0.39, 0.29) is 16.7 Å². The Labute approximate surface area is 132 Å². The van der Waals surface area contributed by atoms with E-state index in [1.54, 1.807) is 0 Å². The van der Waals surface area contributed by atoms with E-state index in [1.807, 2.05) is 42.1 Å². The molecule has 1 fully saturated rings. The number of nitrogens with two attached hydrogens (primary N) is 1. The standard InChI is InChI=1S/C17H26N2OS/c1-21-17(10-6-3-7-11-17)13-19-16(20)12-15(18)14-8-4-2-5-9-14/h2,4-5,8-9,15H,3,6-7,10-13,18H2,1H3,(H,19,20). The highest BCUT2D eigenvalue weighted by Gasteiger charge is 2.31. The van der Waals surface area contributed by atoms with Crippen LogP contribution in [0.2, 0.25) is 0 Å². The van der Waals surface area contributed by atoms with Gasteiger partial charge in [0.15, 0.2) is 0 Å². The Balaban J connectivity index is 1.81. The number of thioether (sulfide) groups is 1. The topological polar surface area (TPSA) is 55.1 Å². The lowest BCUT2D eigenvalue weighted by molar-refractivity contribution is -0.121. The van der Waals surface area contributed by atoms with E-state index < -0.39 is 0 Å². The van der Waals surface area contributed by atoms with Gasteiger partial charge in [0.1, 0.15) is 0 Å². The maximum Gasteiger partial charge on any atom is 0.221 e. The van der Waals surface area contributed by atoms with Gasteiger partial charge in [0.25, 0.3) is 0 Å². The van der Waals surface area contributed by atoms with Crippen LogP contribution in [0, 0.1) is 0 Å². The van der Waals surface area contributed by atoms with Crippen LogP contribution >= 0.6 is 11.8 Å². The van der Waals surface area contributed by atoms with Crippen molar-refractivity contribution < 1.29 is 4.79 Å². The minimum absolute atomic E-state index is 0.0605. The number of amides is 1. The number of carbonyl (C=O) groups is 1. The third-order valence-corrected chi connectivity index (χ3v) is 5.86. The molecular weight excluding hydrogens is 280 g/mol. The molecule has 0 saturated heterocycles. The first-order chi connectivity index (χ1) is 10.2. The van der Waals surface area contributed by atoms with Crippen molar-refractivity contribution in [2.24, 2.45) is 5.73 Å². The Kier molecular flexibility index (Phi) is 6.12. The molecule has 3 nitrogen and oxygen atoms in total. The Hall–Kier alpha value is -1.00. The van der Waals surface area contributed by atoms with Gasteiger partial charge in [0, 0.05) is 23.8 Å². The van der Waals surface area contributed by atoms with E-state index in [0.29, 0.717) is 6.42 Å². The van der Waals surface area contributed by atoms with Crippen molar-refractivity contribution >= 4 is 17.7 Å². The van der Waals surface area contributed by atoms with Gasteiger partial charge in [-0.25, -0.2) is 0 Å². The molecule has 1 aromatic carbocycles. The smallest absolute Gasteiger partial charge is 0.221 e. The SMILES string of the molecule is CSC1(CNC(=O)CC(N)c2ccccc2)CCCCC1. The van der Waals surface area contributed by atoms with Gasteiger partial charge >= 0.3 is 0 Å². The Bertz CT molecular complexity index is 443. The number of nitrogens with one attached hydrogen (secondary N) is 1. The van der Waals surface area contributed by atoms with Gasteiger partial charge in [-0.05, 0) is 24.7 Å². The van der Waals surface area contributed by atoms with Crippen molar-refractivity contribution in [1.29, 1.82) is 0 Å². The first-order valence-electron chi connectivity index (χ1n) is 7.78. The van der Waals surface area contributed by atoms with Gasteiger partial charge in [-0.1, -0.05) is 49.6 Å². The summed E-state index contributed by atoms with van der Waals surface area (Å²) >= 11 is 1.90. The van der Waals surface area contributed by atoms with E-state index in [1.165, 1.54) is 32.1 Å². The Morgan fingerprint density at radius 1 is 1.29 bits per heavy atom. The van der Waals surface area contributed by atoms with Gasteiger partial charge in [-0.15, -0.1) is 0 Å². The molecular formula is C17H26N2OS. The quantitative estimate of drug-likeness (QED) is 0.848. The van der Waals surface area contributed by atoms with Crippen LogP contribution in [0.4, 0.5) is 0 Å². The van der Waals surface area contributed by atoms with Crippen LogP contribution in [0.15, 0.2) is 30.3 Å². The van der Waals surface area contributed by atoms with Gasteiger partial charge in [0.05, 0.1) is 0 Å². The van der Waals surface area contributed by atoms with Crippen LogP contribution in [0.25, 0.3) is 0 Å². The molecule has 0 heterocycles. The number of benzene rings is 1. The molecule has 1 aliphatic carbocycles. The van der Waals surface area contributed by atoms with Crippen LogP contribution in [0.1, 0.15) is 50.1 Å². The van der Waals surface area contributed by atoms with E-state index in [9.17, 15) is 4.79 Å². The van der Waals surface area contributed by atoms with Gasteiger partial charge in [-0.2, -0.15) is 11.8 Å². The highest BCUT2D eigenvalue weighted by Crippen LogP contribution is 2.37. The van der Waals surface area contributed by atoms with Crippen LogP contribution in [0.3, 0.4) is 0 Å². The summed E-state index contributed by atoms with van der Waals surface area (Å²) in [5.74, 6) is 0.0605. The number of rotatable bonds is 6. The second-order valence-corrected chi connectivity index (χ2v) is 7.22. The number of hydrogen-bond acceptors (Lipinski definition) is 3. The highest BCUT2D eigenvalue weighted by atomic mass is 32.2. The zero-order chi connectivity index (χ0) is 15.1. The van der Waals surface area contributed by atoms with Gasteiger partial charge < -0.3 is 11.1 Å². The fourth-order valence-corrected chi connectivity index (χ4v) is 3.91. The minimum Gasteiger partial charge on any atom is -0.355 e. The van der Waals surface area contributed by atoms with Crippen molar-refractivity contribution in [3.63, 3.8) is 0 Å². The lowest BCUT2D eigenvalue weighted by Crippen LogP contribution is -2.42. The average molecular weight is 306 g/mol. The summed E-state index contributed by atoms with van der Waals surface area (Å²) in [5.41, 5.74) is 7.12. The second-order valence-electron chi connectivity index (χ2n) is 5.95. The molecule has 0 aromatic heterocycles. The summed E-state index contributed by atoms with van der Waals surface area (Å²) in [6, 6.07) is 9.60. The lowest BCUT2D eigenvalue weighted by Gasteiger charge is -2.36. The molecule has 3 N–H and O–H groups in total. The summed E-state index contributed by atoms with van der Waals surface area (Å²) < 4.78 is 0.241. The Morgan fingerprint density at radius 2 is 1.95 bits per heavy atom. The van der Waals surface area contributed by atoms with Crippen molar-refractivity contribution in [3.8, 4) is 0 Å². The summed E-state index contributed by atoms with van der Waals surface area (Å²) in [6.07, 6.45) is 8.82. The van der Waals surface area contributed by atoms with E-state index in [4.69, 9.17) is 5.73 Å². The normalized spacial score (nSPS) is 19.0. The fourth-order valence-electron chi connectivity index (χ4n) is 3.00. The van der Waals surface area contributed by atoms with Crippen molar-refractivity contribution in [3.05, 3.63) is 35.9 Å². The first-order valence-corrected chi connectivity index (χ1v) is 9.00. The summed E-state index contributed by atoms with van der Waals surface area (Å²) in [5, 5.41) is 3.11. The molecule has 1 amide bonds. The third-order valence-electron chi connectivity index (χ3n) is 4.44. The molecule has 0 bridgehead atoms. The highest BCUT2D eigenvalue weighted by molar-refractivity contribution is 8.00. The van der Waals surface area contributed by atoms with Crippen LogP contribution in [0.5, 0.6) is 0 Å². The molecule has 0 aliphatic heterocycles. The zero-order valence-corrected chi connectivity index (χ0v) is 13.6. The Morgan fingerprint density at radius 3 is 2.57 bits per heavy atom. The number of hydrogen-bond donors (Lipinski definition) is 2. The maximum atomic E-state index is 12.1. The molecule has 4 heteroatoms. The third kappa shape index (κ3) is 4.75. The monoisotopic (exact) mass is 306 g/mol. The molecule has 0 radical (unpaired) electrons. The molecule has 116 valence electrons. The van der Waals surface area contributed by atoms with Crippen molar-refractivity contribution in [2.75, 3.05) is 12.8 Å². The molecule has 0 spiro atoms. The number of carbonyl (C=O) groups excluding carboxylic acids is 1. The zero-order valence-electron chi connectivity index (χ0n) is 12.8. The fraction of sp³-hybridized carbons (Fsp3) is 0.588. The van der Waals surface area contributed by atoms with Gasteiger partial charge in [-0.3, -0.25) is 4.79 Å². The minimum atomic E-state index is -0.220. The largest absolute Gasteiger partial charge is 0.355 e. The van der Waals surface area contributed by atoms with Crippen molar-refractivity contribution in [1.82, 2.24) is 5.32 Å². The first kappa shape index (κ1) is 16.4. The lowest BCUT2D eigenvalue weighted by atomic mass is 9.88. The van der Waals surface area contributed by atoms with E-state index >= 15 is 0 Å². The van der Waals surface area contributed by atoms with Crippen LogP contribution < -0.4 is 11.1 Å². The maximum absolute atomic E-state index is 12.1. The van der Waals surface area contributed by atoms with Crippen molar-refractivity contribution in [2.45, 2.75) is 49.3 Å². The van der Waals surface area contributed by atoms with E-state index in [2.05, 4.69) is 11.6 Å². The van der Waals surface area contributed by atoms with E-state index in [0.717, 1.165) is 12.1 Å². The molecule has 1 aliphatic rings. The molecule has 1 aromatic rings. The summed E-state index contributed by atoms with van der Waals surface area (Å²) in [7, 11) is 0. The molecule has 1 atom stereocenters.